The molecule has 0 fully saturated rings. The van der Waals surface area contributed by atoms with E-state index in [4.69, 9.17) is 0 Å². The summed E-state index contributed by atoms with van der Waals surface area (Å²) in [6.45, 7) is 2.35. The number of rotatable bonds is 5. The number of aromatic nitrogens is 1. The molecule has 0 saturated carbocycles. The summed E-state index contributed by atoms with van der Waals surface area (Å²) in [5, 5.41) is 4.99. The van der Waals surface area contributed by atoms with Crippen LogP contribution in [-0.4, -0.2) is 28.7 Å². The number of nitrogens with one attached hydrogen (secondary N) is 1. The minimum Gasteiger partial charge on any atom is -0.338 e. The van der Waals surface area contributed by atoms with Gasteiger partial charge in [-0.05, 0) is 12.5 Å². The number of hydrogen-bond acceptors (Lipinski definition) is 4. The number of hydrogen-bond donors (Lipinski definition) is 1. The van der Waals surface area contributed by atoms with Gasteiger partial charge >= 0.3 is 0 Å². The first-order valence-corrected chi connectivity index (χ1v) is 7.63. The first-order valence-electron chi connectivity index (χ1n) is 6.75. The molecule has 2 amide bonds. The van der Waals surface area contributed by atoms with Crippen LogP contribution in [0.3, 0.4) is 0 Å². The van der Waals surface area contributed by atoms with Gasteiger partial charge in [-0.3, -0.25) is 14.9 Å². The van der Waals surface area contributed by atoms with Gasteiger partial charge in [-0.15, -0.1) is 11.3 Å². The van der Waals surface area contributed by atoms with Crippen LogP contribution >= 0.6 is 11.3 Å². The van der Waals surface area contributed by atoms with Crippen molar-refractivity contribution in [3.05, 3.63) is 59.1 Å². The lowest BCUT2D eigenvalue weighted by Crippen LogP contribution is -2.24. The molecule has 1 aromatic heterocycles. The Bertz CT molecular complexity index is 680. The molecule has 5 nitrogen and oxygen atoms in total. The Kier molecular flexibility index (Phi) is 5.43. The van der Waals surface area contributed by atoms with E-state index >= 15 is 0 Å². The Balaban J connectivity index is 1.86. The normalized spacial score (nSPS) is 10.6. The summed E-state index contributed by atoms with van der Waals surface area (Å²) in [7, 11) is 1.70. The predicted molar refractivity (Wildman–Crippen MR) is 87.5 cm³/mol. The minimum atomic E-state index is -0.365. The van der Waals surface area contributed by atoms with E-state index in [1.807, 2.05) is 42.6 Å². The highest BCUT2D eigenvalue weighted by Gasteiger charge is 2.07. The van der Waals surface area contributed by atoms with Crippen molar-refractivity contribution < 1.29 is 9.59 Å². The summed E-state index contributed by atoms with van der Waals surface area (Å²) in [5.41, 5.74) is 1.89. The van der Waals surface area contributed by atoms with Gasteiger partial charge in [0.05, 0.1) is 5.69 Å². The molecule has 0 bridgehead atoms. The van der Waals surface area contributed by atoms with Crippen molar-refractivity contribution in [2.24, 2.45) is 0 Å². The average molecular weight is 315 g/mol. The highest BCUT2D eigenvalue weighted by atomic mass is 32.1. The lowest BCUT2D eigenvalue weighted by Gasteiger charge is -2.14. The van der Waals surface area contributed by atoms with Crippen LogP contribution in [0.1, 0.15) is 11.3 Å². The van der Waals surface area contributed by atoms with E-state index in [1.165, 1.54) is 23.5 Å². The zero-order valence-corrected chi connectivity index (χ0v) is 13.3. The van der Waals surface area contributed by atoms with Crippen molar-refractivity contribution in [1.29, 1.82) is 0 Å². The fourth-order valence-corrected chi connectivity index (χ4v) is 2.46. The van der Waals surface area contributed by atoms with E-state index in [-0.39, 0.29) is 11.8 Å². The van der Waals surface area contributed by atoms with Gasteiger partial charge < -0.3 is 4.90 Å². The highest BCUT2D eigenvalue weighted by molar-refractivity contribution is 7.13. The molecule has 0 radical (unpaired) electrons. The maximum Gasteiger partial charge on any atom is 0.250 e. The molecule has 0 saturated heterocycles. The van der Waals surface area contributed by atoms with Crippen molar-refractivity contribution >= 4 is 28.3 Å². The molecule has 0 aliphatic rings. The van der Waals surface area contributed by atoms with E-state index in [1.54, 1.807) is 11.9 Å². The number of nitrogens with zero attached hydrogens (tertiary/aromatic N) is 2. The molecular weight excluding hydrogens is 298 g/mol. The maximum atomic E-state index is 12.0. The predicted octanol–water partition coefficient (Wildman–Crippen LogP) is 2.60. The Hall–Kier alpha value is -2.47. The van der Waals surface area contributed by atoms with Crippen molar-refractivity contribution in [2.75, 3.05) is 12.4 Å². The first kappa shape index (κ1) is 15.9. The van der Waals surface area contributed by atoms with Gasteiger partial charge in [0, 0.05) is 31.1 Å². The van der Waals surface area contributed by atoms with E-state index in [0.717, 1.165) is 11.3 Å². The second-order valence-electron chi connectivity index (χ2n) is 4.80. The van der Waals surface area contributed by atoms with Gasteiger partial charge in [0.1, 0.15) is 0 Å². The number of amides is 2. The van der Waals surface area contributed by atoms with Gasteiger partial charge in [-0.25, -0.2) is 4.98 Å². The highest BCUT2D eigenvalue weighted by Crippen LogP contribution is 2.14. The summed E-state index contributed by atoms with van der Waals surface area (Å²) in [4.78, 5) is 29.3. The molecule has 114 valence electrons. The van der Waals surface area contributed by atoms with Gasteiger partial charge in [-0.1, -0.05) is 30.3 Å². The fraction of sp³-hybridized carbons (Fsp3) is 0.188. The molecule has 6 heteroatoms. The Morgan fingerprint density at radius 2 is 2.00 bits per heavy atom. The average Bonchev–Trinajstić information content (AvgIpc) is 2.90. The van der Waals surface area contributed by atoms with E-state index < -0.39 is 0 Å². The van der Waals surface area contributed by atoms with Crippen LogP contribution in [0.2, 0.25) is 0 Å². The molecule has 2 rings (SSSR count). The van der Waals surface area contributed by atoms with E-state index in [9.17, 15) is 9.59 Å². The van der Waals surface area contributed by atoms with Crippen LogP contribution in [-0.2, 0) is 16.1 Å². The number of carbonyl (C=O) groups excluding carboxylic acids is 2. The molecule has 1 aromatic carbocycles. The van der Waals surface area contributed by atoms with Crippen LogP contribution in [0.15, 0.2) is 47.9 Å². The molecule has 0 spiro atoms. The van der Waals surface area contributed by atoms with Crippen LogP contribution in [0, 0.1) is 6.92 Å². The number of carbonyl (C=O) groups is 2. The van der Waals surface area contributed by atoms with Crippen molar-refractivity contribution in [1.82, 2.24) is 9.88 Å². The Morgan fingerprint density at radius 3 is 2.64 bits per heavy atom. The zero-order valence-electron chi connectivity index (χ0n) is 12.4. The second kappa shape index (κ2) is 7.51. The summed E-state index contributed by atoms with van der Waals surface area (Å²) in [5.74, 6) is -0.592. The van der Waals surface area contributed by atoms with Crippen molar-refractivity contribution in [2.45, 2.75) is 13.5 Å². The Labute approximate surface area is 133 Å². The number of aryl methyl sites for hydroxylation is 1. The topological polar surface area (TPSA) is 62.3 Å². The van der Waals surface area contributed by atoms with Gasteiger partial charge in [0.2, 0.25) is 11.8 Å². The molecule has 1 N–H and O–H groups in total. The quantitative estimate of drug-likeness (QED) is 0.863. The van der Waals surface area contributed by atoms with Crippen molar-refractivity contribution in [3.63, 3.8) is 0 Å². The maximum absolute atomic E-state index is 12.0. The molecule has 0 atom stereocenters. The standard InChI is InChI=1S/C16H17N3O2S/c1-12-11-22-16(17-12)18-14(20)8-9-15(21)19(2)10-13-6-4-3-5-7-13/h3-9,11H,10H2,1-2H3,(H,17,18,20)/b9-8+. The number of anilines is 1. The third kappa shape index (κ3) is 4.82. The number of thiazole rings is 1. The zero-order chi connectivity index (χ0) is 15.9. The molecule has 2 aromatic rings. The van der Waals surface area contributed by atoms with E-state index in [2.05, 4.69) is 10.3 Å². The molecule has 0 aliphatic carbocycles. The third-order valence-corrected chi connectivity index (χ3v) is 3.74. The summed E-state index contributed by atoms with van der Waals surface area (Å²) < 4.78 is 0. The molecule has 1 heterocycles. The SMILES string of the molecule is Cc1csc(NC(=O)/C=C/C(=O)N(C)Cc2ccccc2)n1. The molecule has 22 heavy (non-hydrogen) atoms. The van der Waals surface area contributed by atoms with Gasteiger partial charge in [-0.2, -0.15) is 0 Å². The largest absolute Gasteiger partial charge is 0.338 e. The van der Waals surface area contributed by atoms with Crippen LogP contribution < -0.4 is 5.32 Å². The van der Waals surface area contributed by atoms with Crippen molar-refractivity contribution in [3.8, 4) is 0 Å². The van der Waals surface area contributed by atoms with E-state index in [0.29, 0.717) is 11.7 Å². The van der Waals surface area contributed by atoms with Gasteiger partial charge in [0.15, 0.2) is 5.13 Å². The van der Waals surface area contributed by atoms with Gasteiger partial charge in [0.25, 0.3) is 0 Å². The number of likely N-dealkylation sites (N-methyl/N-ethyl adjacent to an activating group) is 1. The number of benzene rings is 1. The molecule has 0 unspecified atom stereocenters. The second-order valence-corrected chi connectivity index (χ2v) is 5.65. The fourth-order valence-electron chi connectivity index (χ4n) is 1.77. The summed E-state index contributed by atoms with van der Waals surface area (Å²) in [6, 6.07) is 9.67. The summed E-state index contributed by atoms with van der Waals surface area (Å²) >= 11 is 1.35. The van der Waals surface area contributed by atoms with Crippen LogP contribution in [0.25, 0.3) is 0 Å². The Morgan fingerprint density at radius 1 is 1.27 bits per heavy atom. The van der Waals surface area contributed by atoms with Crippen LogP contribution in [0.4, 0.5) is 5.13 Å². The van der Waals surface area contributed by atoms with Crippen LogP contribution in [0.5, 0.6) is 0 Å². The first-order chi connectivity index (χ1) is 10.5. The lowest BCUT2D eigenvalue weighted by atomic mass is 10.2. The monoisotopic (exact) mass is 315 g/mol. The smallest absolute Gasteiger partial charge is 0.250 e. The molecular formula is C16H17N3O2S. The third-order valence-electron chi connectivity index (χ3n) is 2.87. The minimum absolute atomic E-state index is 0.227. The molecule has 0 aliphatic heterocycles. The summed E-state index contributed by atoms with van der Waals surface area (Å²) in [6.07, 6.45) is 2.49. The lowest BCUT2D eigenvalue weighted by molar-refractivity contribution is -0.125.